The van der Waals surface area contributed by atoms with Crippen molar-refractivity contribution in [3.05, 3.63) is 35.4 Å². The lowest BCUT2D eigenvalue weighted by atomic mass is 9.53. The van der Waals surface area contributed by atoms with E-state index in [2.05, 4.69) is 31.2 Å². The van der Waals surface area contributed by atoms with Crippen LogP contribution in [0.1, 0.15) is 49.7 Å². The van der Waals surface area contributed by atoms with Crippen LogP contribution >= 0.6 is 0 Å². The molecule has 0 bridgehead atoms. The summed E-state index contributed by atoms with van der Waals surface area (Å²) in [4.78, 5) is 0. The van der Waals surface area contributed by atoms with Crippen LogP contribution in [0.4, 0.5) is 0 Å². The molecule has 4 rings (SSSR count). The van der Waals surface area contributed by atoms with Crippen LogP contribution < -0.4 is 0 Å². The molecular weight excluding hydrogens is 243 g/mol. The number of aryl methyl sites for hydroxylation is 1. The topological polar surface area (TPSA) is 20.2 Å². The van der Waals surface area contributed by atoms with Gasteiger partial charge in [-0.15, -0.1) is 0 Å². The maximum Gasteiger partial charge on any atom is 0.0746 e. The lowest BCUT2D eigenvalue weighted by Crippen LogP contribution is -2.44. The summed E-state index contributed by atoms with van der Waals surface area (Å²) in [6.45, 7) is 2.20. The van der Waals surface area contributed by atoms with Gasteiger partial charge in [-0.3, -0.25) is 0 Å². The highest BCUT2D eigenvalue weighted by atomic mass is 16.3. The highest BCUT2D eigenvalue weighted by Crippen LogP contribution is 2.62. The quantitative estimate of drug-likeness (QED) is 0.713. The van der Waals surface area contributed by atoms with E-state index in [4.69, 9.17) is 7.85 Å². The van der Waals surface area contributed by atoms with Crippen LogP contribution in [-0.4, -0.2) is 19.1 Å². The summed E-state index contributed by atoms with van der Waals surface area (Å²) < 4.78 is 0. The van der Waals surface area contributed by atoms with Gasteiger partial charge in [0.15, 0.2) is 0 Å². The third kappa shape index (κ3) is 1.73. The SMILES string of the molecule is [B]C1(C)CCC2C3CCc4ccccc4C3[C@@H](O)CC21. The Hall–Kier alpha value is -0.755. The van der Waals surface area contributed by atoms with E-state index >= 15 is 0 Å². The number of aliphatic hydroxyl groups is 1. The lowest BCUT2D eigenvalue weighted by Gasteiger charge is -2.49. The molecule has 2 radical (unpaired) electrons. The van der Waals surface area contributed by atoms with Crippen molar-refractivity contribution in [3.8, 4) is 0 Å². The van der Waals surface area contributed by atoms with Crippen molar-refractivity contribution in [2.75, 3.05) is 0 Å². The Balaban J connectivity index is 1.73. The molecule has 3 aliphatic rings. The highest BCUT2D eigenvalue weighted by molar-refractivity contribution is 6.15. The van der Waals surface area contributed by atoms with Gasteiger partial charge in [-0.2, -0.15) is 0 Å². The van der Waals surface area contributed by atoms with E-state index in [9.17, 15) is 5.11 Å². The maximum atomic E-state index is 10.8. The van der Waals surface area contributed by atoms with Crippen molar-refractivity contribution in [2.45, 2.75) is 56.4 Å². The van der Waals surface area contributed by atoms with E-state index in [1.807, 2.05) is 0 Å². The largest absolute Gasteiger partial charge is 0.392 e. The van der Waals surface area contributed by atoms with Crippen molar-refractivity contribution in [3.63, 3.8) is 0 Å². The second-order valence-electron chi connectivity index (χ2n) is 7.55. The Morgan fingerprint density at radius 1 is 1.20 bits per heavy atom. The number of benzene rings is 1. The predicted molar refractivity (Wildman–Crippen MR) is 82.0 cm³/mol. The molecule has 3 aliphatic carbocycles. The van der Waals surface area contributed by atoms with E-state index < -0.39 is 0 Å². The molecule has 0 aromatic heterocycles. The van der Waals surface area contributed by atoms with Crippen molar-refractivity contribution in [1.29, 1.82) is 0 Å². The Morgan fingerprint density at radius 3 is 2.85 bits per heavy atom. The van der Waals surface area contributed by atoms with Crippen LogP contribution in [0, 0.1) is 17.8 Å². The molecule has 2 saturated carbocycles. The van der Waals surface area contributed by atoms with Crippen molar-refractivity contribution in [2.24, 2.45) is 17.8 Å². The Bertz CT molecular complexity index is 524. The molecule has 0 spiro atoms. The zero-order valence-electron chi connectivity index (χ0n) is 12.3. The van der Waals surface area contributed by atoms with E-state index in [1.165, 1.54) is 30.4 Å². The minimum atomic E-state index is -0.205. The third-order valence-corrected chi connectivity index (χ3v) is 6.46. The Kier molecular flexibility index (Phi) is 2.83. The first kappa shape index (κ1) is 12.9. The first-order chi connectivity index (χ1) is 9.58. The van der Waals surface area contributed by atoms with Gasteiger partial charge in [0.25, 0.3) is 0 Å². The third-order valence-electron chi connectivity index (χ3n) is 6.46. The molecule has 0 saturated heterocycles. The van der Waals surface area contributed by atoms with Gasteiger partial charge in [-0.25, -0.2) is 0 Å². The number of fused-ring (bicyclic) bond motifs is 5. The van der Waals surface area contributed by atoms with E-state index in [1.54, 1.807) is 0 Å². The normalized spacial score (nSPS) is 46.4. The van der Waals surface area contributed by atoms with Gasteiger partial charge in [0.05, 0.1) is 14.0 Å². The number of rotatable bonds is 0. The summed E-state index contributed by atoms with van der Waals surface area (Å²) in [7, 11) is 6.50. The standard InChI is InChI=1S/C18H23BO/c1-18(19)9-8-13-14-7-6-11-4-2-3-5-12(11)17(14)16(20)10-15(13)18/h2-5,13-17,20H,6-10H2,1H3/t13?,14?,15?,16-,17?,18?/m0/s1. The van der Waals surface area contributed by atoms with E-state index in [0.717, 1.165) is 18.8 Å². The zero-order chi connectivity index (χ0) is 13.9. The van der Waals surface area contributed by atoms with Crippen LogP contribution in [0.15, 0.2) is 24.3 Å². The van der Waals surface area contributed by atoms with Crippen LogP contribution in [0.25, 0.3) is 0 Å². The van der Waals surface area contributed by atoms with Crippen LogP contribution in [0.2, 0.25) is 5.31 Å². The van der Waals surface area contributed by atoms with Crippen molar-refractivity contribution in [1.82, 2.24) is 0 Å². The number of hydrogen-bond donors (Lipinski definition) is 1. The molecule has 0 amide bonds. The molecule has 0 heterocycles. The van der Waals surface area contributed by atoms with Gasteiger partial charge in [0.1, 0.15) is 0 Å². The van der Waals surface area contributed by atoms with Gasteiger partial charge in [0, 0.05) is 5.92 Å². The molecule has 20 heavy (non-hydrogen) atoms. The predicted octanol–water partition coefficient (Wildman–Crippen LogP) is 3.47. The molecule has 1 aromatic rings. The lowest BCUT2D eigenvalue weighted by molar-refractivity contribution is 0.000698. The molecule has 104 valence electrons. The fraction of sp³-hybridized carbons (Fsp3) is 0.667. The summed E-state index contributed by atoms with van der Waals surface area (Å²) in [5.74, 6) is 2.25. The smallest absolute Gasteiger partial charge is 0.0746 e. The minimum Gasteiger partial charge on any atom is -0.392 e. The Labute approximate surface area is 123 Å². The van der Waals surface area contributed by atoms with E-state index in [-0.39, 0.29) is 11.4 Å². The molecule has 2 fully saturated rings. The molecular formula is C18H23BO. The second-order valence-corrected chi connectivity index (χ2v) is 7.55. The molecule has 2 heteroatoms. The zero-order valence-corrected chi connectivity index (χ0v) is 12.3. The summed E-state index contributed by atoms with van der Waals surface area (Å²) >= 11 is 0. The van der Waals surface area contributed by atoms with Gasteiger partial charge in [0.2, 0.25) is 0 Å². The van der Waals surface area contributed by atoms with Gasteiger partial charge < -0.3 is 5.11 Å². The highest BCUT2D eigenvalue weighted by Gasteiger charge is 2.53. The molecule has 5 unspecified atom stereocenters. The molecule has 0 aliphatic heterocycles. The number of aliphatic hydroxyl groups excluding tert-OH is 1. The second kappa shape index (κ2) is 4.37. The maximum absolute atomic E-state index is 10.8. The van der Waals surface area contributed by atoms with Gasteiger partial charge in [-0.1, -0.05) is 49.3 Å². The van der Waals surface area contributed by atoms with Crippen LogP contribution in [-0.2, 0) is 6.42 Å². The number of hydrogen-bond acceptors (Lipinski definition) is 1. The molecule has 1 N–H and O–H groups in total. The molecule has 1 nitrogen and oxygen atoms in total. The fourth-order valence-electron chi connectivity index (χ4n) is 5.51. The first-order valence-electron chi connectivity index (χ1n) is 8.13. The van der Waals surface area contributed by atoms with E-state index in [0.29, 0.717) is 17.8 Å². The summed E-state index contributed by atoms with van der Waals surface area (Å²) in [6, 6.07) is 8.74. The molecule has 1 aromatic carbocycles. The summed E-state index contributed by atoms with van der Waals surface area (Å²) in [5.41, 5.74) is 2.88. The van der Waals surface area contributed by atoms with Crippen molar-refractivity contribution < 1.29 is 5.11 Å². The first-order valence-corrected chi connectivity index (χ1v) is 8.13. The average molecular weight is 266 g/mol. The monoisotopic (exact) mass is 266 g/mol. The van der Waals surface area contributed by atoms with Gasteiger partial charge in [-0.05, 0) is 48.1 Å². The molecule has 6 atom stereocenters. The Morgan fingerprint density at radius 2 is 2.00 bits per heavy atom. The average Bonchev–Trinajstić information content (AvgIpc) is 2.74. The van der Waals surface area contributed by atoms with Gasteiger partial charge >= 0.3 is 0 Å². The summed E-state index contributed by atoms with van der Waals surface area (Å²) in [5, 5.41) is 10.7. The van der Waals surface area contributed by atoms with Crippen molar-refractivity contribution >= 4 is 7.85 Å². The van der Waals surface area contributed by atoms with Crippen LogP contribution in [0.3, 0.4) is 0 Å². The minimum absolute atomic E-state index is 0.0619. The van der Waals surface area contributed by atoms with Crippen LogP contribution in [0.5, 0.6) is 0 Å². The summed E-state index contributed by atoms with van der Waals surface area (Å²) in [6.07, 6.45) is 5.48. The fourth-order valence-corrected chi connectivity index (χ4v) is 5.51.